The van der Waals surface area contributed by atoms with Crippen LogP contribution in [0.15, 0.2) is 30.3 Å². The monoisotopic (exact) mass is 410 g/mol. The van der Waals surface area contributed by atoms with Crippen LogP contribution in [0.5, 0.6) is 0 Å². The molecule has 1 saturated heterocycles. The first-order chi connectivity index (χ1) is 13.7. The van der Waals surface area contributed by atoms with Crippen LogP contribution in [0.1, 0.15) is 26.3 Å². The summed E-state index contributed by atoms with van der Waals surface area (Å²) in [6.45, 7) is 4.07. The van der Waals surface area contributed by atoms with Crippen LogP contribution in [0.25, 0.3) is 0 Å². The van der Waals surface area contributed by atoms with Crippen molar-refractivity contribution in [3.63, 3.8) is 0 Å². The molecule has 2 amide bonds. The van der Waals surface area contributed by atoms with Crippen LogP contribution >= 0.6 is 0 Å². The molecule has 162 valence electrons. The number of carbonyl (C=O) groups is 2. The van der Waals surface area contributed by atoms with Gasteiger partial charge in [0.15, 0.2) is 6.29 Å². The minimum atomic E-state index is -1.50. The van der Waals surface area contributed by atoms with Crippen molar-refractivity contribution in [2.75, 3.05) is 6.61 Å². The van der Waals surface area contributed by atoms with Gasteiger partial charge in [-0.1, -0.05) is 30.3 Å². The van der Waals surface area contributed by atoms with E-state index in [1.165, 1.54) is 13.8 Å². The smallest absolute Gasteiger partial charge is 0.249 e. The highest BCUT2D eigenvalue weighted by Gasteiger charge is 2.46. The minimum absolute atomic E-state index is 0.155. The number of nitrogens with one attached hydrogen (secondary N) is 2. The fraction of sp³-hybridized carbons (Fsp3) is 0.600. The molecule has 0 aromatic heterocycles. The van der Waals surface area contributed by atoms with E-state index in [0.717, 1.165) is 5.56 Å². The molecule has 1 aliphatic rings. The van der Waals surface area contributed by atoms with Crippen LogP contribution in [0.2, 0.25) is 0 Å². The molecule has 3 unspecified atom stereocenters. The lowest BCUT2D eigenvalue weighted by molar-refractivity contribution is -0.266. The largest absolute Gasteiger partial charge is 0.394 e. The van der Waals surface area contributed by atoms with E-state index in [0.29, 0.717) is 6.42 Å². The molecule has 29 heavy (non-hydrogen) atoms. The first kappa shape index (κ1) is 23.2. The summed E-state index contributed by atoms with van der Waals surface area (Å²) in [6, 6.07) is 8.45. The Labute approximate surface area is 170 Å². The molecular weight excluding hydrogens is 380 g/mol. The molecule has 1 heterocycles. The highest BCUT2D eigenvalue weighted by Crippen LogP contribution is 2.23. The highest BCUT2D eigenvalue weighted by molar-refractivity contribution is 5.80. The minimum Gasteiger partial charge on any atom is -0.394 e. The second-order valence-electron chi connectivity index (χ2n) is 7.31. The second-order valence-corrected chi connectivity index (χ2v) is 7.31. The molecular formula is C20H30N2O7. The number of aliphatic hydroxyl groups excluding tert-OH is 3. The van der Waals surface area contributed by atoms with Gasteiger partial charge < -0.3 is 35.4 Å². The molecule has 9 nitrogen and oxygen atoms in total. The van der Waals surface area contributed by atoms with Crippen molar-refractivity contribution in [3.05, 3.63) is 35.9 Å². The normalized spacial score (nSPS) is 29.0. The Bertz CT molecular complexity index is 672. The predicted octanol–water partition coefficient (Wildman–Crippen LogP) is -0.917. The summed E-state index contributed by atoms with van der Waals surface area (Å²) in [7, 11) is 0. The Morgan fingerprint density at radius 2 is 1.86 bits per heavy atom. The number of hydrogen-bond donors (Lipinski definition) is 5. The maximum absolute atomic E-state index is 12.5. The number of amides is 2. The molecule has 1 aromatic rings. The number of benzene rings is 1. The molecule has 9 heteroatoms. The first-order valence-corrected chi connectivity index (χ1v) is 9.62. The van der Waals surface area contributed by atoms with Gasteiger partial charge in [-0.05, 0) is 25.8 Å². The number of carbonyl (C=O) groups excluding carboxylic acids is 2. The Kier molecular flexibility index (Phi) is 8.54. The highest BCUT2D eigenvalue weighted by atomic mass is 16.6. The van der Waals surface area contributed by atoms with Crippen LogP contribution in [-0.4, -0.2) is 76.5 Å². The zero-order chi connectivity index (χ0) is 21.6. The molecule has 0 spiro atoms. The molecule has 0 aliphatic carbocycles. The molecule has 0 saturated carbocycles. The van der Waals surface area contributed by atoms with Crippen molar-refractivity contribution < 1.29 is 34.4 Å². The fourth-order valence-electron chi connectivity index (χ4n) is 3.31. The lowest BCUT2D eigenvalue weighted by Crippen LogP contribution is -2.65. The Morgan fingerprint density at radius 3 is 2.45 bits per heavy atom. The third-order valence-electron chi connectivity index (χ3n) is 4.75. The van der Waals surface area contributed by atoms with Crippen LogP contribution < -0.4 is 10.6 Å². The van der Waals surface area contributed by atoms with E-state index in [2.05, 4.69) is 10.6 Å². The Morgan fingerprint density at radius 1 is 1.21 bits per heavy atom. The van der Waals surface area contributed by atoms with E-state index in [1.54, 1.807) is 0 Å². The number of rotatable bonds is 8. The zero-order valence-corrected chi connectivity index (χ0v) is 16.8. The van der Waals surface area contributed by atoms with Crippen molar-refractivity contribution in [1.29, 1.82) is 0 Å². The fourth-order valence-corrected chi connectivity index (χ4v) is 3.31. The van der Waals surface area contributed by atoms with Gasteiger partial charge in [0.25, 0.3) is 0 Å². The molecule has 1 aliphatic heterocycles. The van der Waals surface area contributed by atoms with Crippen LogP contribution in [-0.2, 0) is 25.5 Å². The van der Waals surface area contributed by atoms with Gasteiger partial charge in [0, 0.05) is 13.0 Å². The lowest BCUT2D eigenvalue weighted by atomic mass is 9.96. The quantitative estimate of drug-likeness (QED) is 0.374. The summed E-state index contributed by atoms with van der Waals surface area (Å²) in [6.07, 6.45) is -5.45. The van der Waals surface area contributed by atoms with E-state index in [9.17, 15) is 24.9 Å². The average Bonchev–Trinajstić information content (AvgIpc) is 2.67. The number of aliphatic hydroxyl groups is 3. The van der Waals surface area contributed by atoms with Crippen molar-refractivity contribution in [2.45, 2.75) is 70.0 Å². The van der Waals surface area contributed by atoms with E-state index in [-0.39, 0.29) is 6.04 Å². The van der Waals surface area contributed by atoms with E-state index in [4.69, 9.17) is 9.47 Å². The summed E-state index contributed by atoms with van der Waals surface area (Å²) in [5, 5.41) is 35.2. The third-order valence-corrected chi connectivity index (χ3v) is 4.75. The summed E-state index contributed by atoms with van der Waals surface area (Å²) in [5.74, 6) is -0.863. The maximum atomic E-state index is 12.5. The van der Waals surface area contributed by atoms with E-state index >= 15 is 0 Å². The molecule has 1 fully saturated rings. The van der Waals surface area contributed by atoms with Crippen LogP contribution in [0.3, 0.4) is 0 Å². The number of ether oxygens (including phenoxy) is 2. The molecule has 1 aromatic carbocycles. The molecule has 2 rings (SSSR count). The second kappa shape index (κ2) is 10.7. The topological polar surface area (TPSA) is 137 Å². The van der Waals surface area contributed by atoms with Gasteiger partial charge in [-0.15, -0.1) is 0 Å². The van der Waals surface area contributed by atoms with Gasteiger partial charge in [-0.25, -0.2) is 0 Å². The summed E-state index contributed by atoms with van der Waals surface area (Å²) < 4.78 is 10.8. The van der Waals surface area contributed by atoms with E-state index < -0.39 is 55.2 Å². The van der Waals surface area contributed by atoms with Gasteiger partial charge in [0.1, 0.15) is 30.5 Å². The Balaban J connectivity index is 2.01. The zero-order valence-electron chi connectivity index (χ0n) is 16.8. The maximum Gasteiger partial charge on any atom is 0.249 e. The van der Waals surface area contributed by atoms with Gasteiger partial charge in [-0.2, -0.15) is 0 Å². The standard InChI is InChI=1S/C20H30N2O7/c1-11(9-14-7-5-4-6-8-14)21-19(26)12(2)28-18-16(22-13(3)24)20(27)29-15(10-23)17(18)25/h4-8,11-12,15-18,20,23,25,27H,9-10H2,1-3H3,(H,21,26)(H,22,24)/t11-,12-,15?,16?,17+,18?,20-/m0/s1. The molecule has 5 N–H and O–H groups in total. The van der Waals surface area contributed by atoms with E-state index in [1.807, 2.05) is 37.3 Å². The van der Waals surface area contributed by atoms with Crippen molar-refractivity contribution in [1.82, 2.24) is 10.6 Å². The van der Waals surface area contributed by atoms with Gasteiger partial charge >= 0.3 is 0 Å². The summed E-state index contributed by atoms with van der Waals surface area (Å²) in [4.78, 5) is 24.0. The summed E-state index contributed by atoms with van der Waals surface area (Å²) in [5.41, 5.74) is 1.08. The van der Waals surface area contributed by atoms with Crippen molar-refractivity contribution >= 4 is 11.8 Å². The lowest BCUT2D eigenvalue weighted by Gasteiger charge is -2.43. The predicted molar refractivity (Wildman–Crippen MR) is 104 cm³/mol. The summed E-state index contributed by atoms with van der Waals surface area (Å²) >= 11 is 0. The van der Waals surface area contributed by atoms with Crippen molar-refractivity contribution in [2.24, 2.45) is 0 Å². The average molecular weight is 410 g/mol. The third kappa shape index (κ3) is 6.48. The number of hydrogen-bond acceptors (Lipinski definition) is 7. The first-order valence-electron chi connectivity index (χ1n) is 9.62. The van der Waals surface area contributed by atoms with Gasteiger partial charge in [-0.3, -0.25) is 9.59 Å². The molecule has 0 radical (unpaired) electrons. The Hall–Kier alpha value is -2.04. The van der Waals surface area contributed by atoms with Crippen LogP contribution in [0.4, 0.5) is 0 Å². The SMILES string of the molecule is CC(=O)NC1C(O[C@@H](C)C(=O)N[C@@H](C)Cc2ccccc2)[C@H](O)C(CO)O[C@@H]1O. The molecule has 7 atom stereocenters. The van der Waals surface area contributed by atoms with Crippen LogP contribution in [0, 0.1) is 0 Å². The molecule has 0 bridgehead atoms. The van der Waals surface area contributed by atoms with Gasteiger partial charge in [0.2, 0.25) is 11.8 Å². The van der Waals surface area contributed by atoms with Gasteiger partial charge in [0.05, 0.1) is 6.61 Å². The van der Waals surface area contributed by atoms with Crippen molar-refractivity contribution in [3.8, 4) is 0 Å².